The van der Waals surface area contributed by atoms with Crippen molar-refractivity contribution in [2.75, 3.05) is 0 Å². The molecular weight excluding hydrogens is 212 g/mol. The first kappa shape index (κ1) is 9.93. The molecule has 0 aliphatic heterocycles. The van der Waals surface area contributed by atoms with Crippen molar-refractivity contribution in [1.29, 1.82) is 0 Å². The fraction of sp³-hybridized carbons (Fsp3) is 0.0909. The molecule has 3 nitrogen and oxygen atoms in total. The van der Waals surface area contributed by atoms with Crippen LogP contribution in [0.4, 0.5) is 0 Å². The predicted octanol–water partition coefficient (Wildman–Crippen LogP) is 2.18. The van der Waals surface area contributed by atoms with Crippen LogP contribution >= 0.6 is 11.6 Å². The Bertz CT molecular complexity index is 507. The number of nitrogens with zero attached hydrogens (tertiary/aromatic N) is 1. The molecule has 0 atom stereocenters. The Labute approximate surface area is 91.8 Å². The normalized spacial score (nSPS) is 10.2. The van der Waals surface area contributed by atoms with Crippen LogP contribution < -0.4 is 5.56 Å². The van der Waals surface area contributed by atoms with E-state index < -0.39 is 0 Å². The highest BCUT2D eigenvalue weighted by molar-refractivity contribution is 6.17. The van der Waals surface area contributed by atoms with Gasteiger partial charge in [0.15, 0.2) is 0 Å². The molecule has 0 saturated heterocycles. The van der Waals surface area contributed by atoms with Crippen LogP contribution in [-0.4, -0.2) is 9.97 Å². The molecule has 0 radical (unpaired) electrons. The molecule has 2 aromatic heterocycles. The summed E-state index contributed by atoms with van der Waals surface area (Å²) in [5.41, 5.74) is 2.15. The van der Waals surface area contributed by atoms with Crippen LogP contribution in [0.25, 0.3) is 11.1 Å². The zero-order valence-corrected chi connectivity index (χ0v) is 8.66. The smallest absolute Gasteiger partial charge is 0.255 e. The third-order valence-corrected chi connectivity index (χ3v) is 2.40. The Hall–Kier alpha value is -1.61. The summed E-state index contributed by atoms with van der Waals surface area (Å²) < 4.78 is 0. The van der Waals surface area contributed by atoms with Gasteiger partial charge in [0, 0.05) is 35.6 Å². The van der Waals surface area contributed by atoms with E-state index in [2.05, 4.69) is 9.97 Å². The number of hydrogen-bond acceptors (Lipinski definition) is 2. The quantitative estimate of drug-likeness (QED) is 0.789. The Morgan fingerprint density at radius 3 is 3.00 bits per heavy atom. The maximum atomic E-state index is 11.6. The van der Waals surface area contributed by atoms with Crippen LogP contribution in [-0.2, 0) is 5.88 Å². The zero-order chi connectivity index (χ0) is 10.7. The van der Waals surface area contributed by atoms with Crippen molar-refractivity contribution in [3.8, 4) is 11.1 Å². The van der Waals surface area contributed by atoms with Gasteiger partial charge in [0.05, 0.1) is 0 Å². The monoisotopic (exact) mass is 220 g/mol. The van der Waals surface area contributed by atoms with Gasteiger partial charge in [0.25, 0.3) is 5.56 Å². The molecule has 15 heavy (non-hydrogen) atoms. The minimum Gasteiger partial charge on any atom is -0.328 e. The van der Waals surface area contributed by atoms with Gasteiger partial charge in [-0.15, -0.1) is 11.6 Å². The van der Waals surface area contributed by atoms with Gasteiger partial charge in [-0.1, -0.05) is 6.07 Å². The second-order valence-corrected chi connectivity index (χ2v) is 3.39. The van der Waals surface area contributed by atoms with Crippen LogP contribution in [0.2, 0.25) is 0 Å². The standard InChI is InChI=1S/C11H9ClN2O/c12-5-8-4-10(11(15)14-6-8)9-2-1-3-13-7-9/h1-4,6-7H,5H2,(H,14,15). The summed E-state index contributed by atoms with van der Waals surface area (Å²) in [6.07, 6.45) is 4.95. The van der Waals surface area contributed by atoms with Crippen molar-refractivity contribution in [3.05, 3.63) is 52.7 Å². The van der Waals surface area contributed by atoms with Gasteiger partial charge in [-0.25, -0.2) is 0 Å². The van der Waals surface area contributed by atoms with Crippen LogP contribution in [0.3, 0.4) is 0 Å². The highest BCUT2D eigenvalue weighted by Gasteiger charge is 2.03. The van der Waals surface area contributed by atoms with Crippen LogP contribution in [0.1, 0.15) is 5.56 Å². The molecule has 1 N–H and O–H groups in total. The topological polar surface area (TPSA) is 45.8 Å². The fourth-order valence-corrected chi connectivity index (χ4v) is 1.50. The summed E-state index contributed by atoms with van der Waals surface area (Å²) in [4.78, 5) is 18.2. The van der Waals surface area contributed by atoms with Crippen molar-refractivity contribution in [2.24, 2.45) is 0 Å². The van der Waals surface area contributed by atoms with Gasteiger partial charge < -0.3 is 4.98 Å². The molecule has 0 fully saturated rings. The number of aromatic nitrogens is 2. The summed E-state index contributed by atoms with van der Waals surface area (Å²) in [6, 6.07) is 5.42. The SMILES string of the molecule is O=c1[nH]cc(CCl)cc1-c1cccnc1. The second-order valence-electron chi connectivity index (χ2n) is 3.13. The summed E-state index contributed by atoms with van der Waals surface area (Å²) in [7, 11) is 0. The maximum Gasteiger partial charge on any atom is 0.255 e. The summed E-state index contributed by atoms with van der Waals surface area (Å²) in [6.45, 7) is 0. The van der Waals surface area contributed by atoms with Crippen LogP contribution in [0, 0.1) is 0 Å². The lowest BCUT2D eigenvalue weighted by Crippen LogP contribution is -2.08. The number of H-pyrrole nitrogens is 1. The third-order valence-electron chi connectivity index (χ3n) is 2.09. The maximum absolute atomic E-state index is 11.6. The van der Waals surface area contributed by atoms with Crippen molar-refractivity contribution in [1.82, 2.24) is 9.97 Å². The first-order valence-electron chi connectivity index (χ1n) is 4.49. The van der Waals surface area contributed by atoms with E-state index in [4.69, 9.17) is 11.6 Å². The molecule has 76 valence electrons. The lowest BCUT2D eigenvalue weighted by atomic mass is 10.1. The number of aromatic amines is 1. The average molecular weight is 221 g/mol. The minimum atomic E-state index is -0.128. The van der Waals surface area contributed by atoms with E-state index in [1.165, 1.54) is 0 Å². The number of hydrogen-bond donors (Lipinski definition) is 1. The minimum absolute atomic E-state index is 0.128. The molecule has 2 aromatic rings. The average Bonchev–Trinajstić information content (AvgIpc) is 2.31. The number of alkyl halides is 1. The molecule has 4 heteroatoms. The van der Waals surface area contributed by atoms with E-state index in [1.54, 1.807) is 30.7 Å². The van der Waals surface area contributed by atoms with Crippen molar-refractivity contribution in [3.63, 3.8) is 0 Å². The van der Waals surface area contributed by atoms with Crippen LogP contribution in [0.5, 0.6) is 0 Å². The molecule has 0 amide bonds. The van der Waals surface area contributed by atoms with Gasteiger partial charge in [0.2, 0.25) is 0 Å². The Balaban J connectivity index is 2.57. The molecule has 0 aliphatic carbocycles. The van der Waals surface area contributed by atoms with E-state index in [1.807, 2.05) is 6.07 Å². The van der Waals surface area contributed by atoms with E-state index in [0.717, 1.165) is 11.1 Å². The Morgan fingerprint density at radius 1 is 1.47 bits per heavy atom. The number of rotatable bonds is 2. The number of halogens is 1. The third kappa shape index (κ3) is 2.07. The molecule has 0 spiro atoms. The molecule has 0 saturated carbocycles. The lowest BCUT2D eigenvalue weighted by Gasteiger charge is -2.01. The Kier molecular flexibility index (Phi) is 2.83. The van der Waals surface area contributed by atoms with E-state index in [9.17, 15) is 4.79 Å². The predicted molar refractivity (Wildman–Crippen MR) is 59.9 cm³/mol. The van der Waals surface area contributed by atoms with Crippen LogP contribution in [0.15, 0.2) is 41.6 Å². The molecular formula is C11H9ClN2O. The fourth-order valence-electron chi connectivity index (χ4n) is 1.34. The highest BCUT2D eigenvalue weighted by Crippen LogP contribution is 2.14. The molecule has 2 rings (SSSR count). The van der Waals surface area contributed by atoms with Crippen molar-refractivity contribution < 1.29 is 0 Å². The van der Waals surface area contributed by atoms with E-state index >= 15 is 0 Å². The molecule has 0 bridgehead atoms. The van der Waals surface area contributed by atoms with Crippen molar-refractivity contribution >= 4 is 11.6 Å². The first-order valence-corrected chi connectivity index (χ1v) is 5.02. The highest BCUT2D eigenvalue weighted by atomic mass is 35.5. The van der Waals surface area contributed by atoms with Gasteiger partial charge in [-0.05, 0) is 17.7 Å². The largest absolute Gasteiger partial charge is 0.328 e. The first-order chi connectivity index (χ1) is 7.31. The van der Waals surface area contributed by atoms with E-state index in [0.29, 0.717) is 11.4 Å². The summed E-state index contributed by atoms with van der Waals surface area (Å²) in [5.74, 6) is 0.379. The summed E-state index contributed by atoms with van der Waals surface area (Å²) in [5, 5.41) is 0. The number of nitrogens with one attached hydrogen (secondary N) is 1. The van der Waals surface area contributed by atoms with Gasteiger partial charge in [-0.3, -0.25) is 9.78 Å². The molecule has 0 aliphatic rings. The second kappa shape index (κ2) is 4.28. The van der Waals surface area contributed by atoms with Gasteiger partial charge >= 0.3 is 0 Å². The molecule has 0 aromatic carbocycles. The number of pyridine rings is 2. The van der Waals surface area contributed by atoms with Gasteiger partial charge in [-0.2, -0.15) is 0 Å². The van der Waals surface area contributed by atoms with E-state index in [-0.39, 0.29) is 5.56 Å². The molecule has 2 heterocycles. The van der Waals surface area contributed by atoms with Gasteiger partial charge in [0.1, 0.15) is 0 Å². The summed E-state index contributed by atoms with van der Waals surface area (Å²) >= 11 is 5.70. The lowest BCUT2D eigenvalue weighted by molar-refractivity contribution is 1.18. The molecule has 0 unspecified atom stereocenters. The Morgan fingerprint density at radius 2 is 2.33 bits per heavy atom. The zero-order valence-electron chi connectivity index (χ0n) is 7.90. The van der Waals surface area contributed by atoms with Crippen molar-refractivity contribution in [2.45, 2.75) is 5.88 Å².